The molecule has 24 heavy (non-hydrogen) atoms. The van der Waals surface area contributed by atoms with Crippen LogP contribution in [0.5, 0.6) is 11.5 Å². The Kier molecular flexibility index (Phi) is 8.68. The van der Waals surface area contributed by atoms with E-state index in [1.807, 2.05) is 20.8 Å². The number of nitrogens with one attached hydrogen (secondary N) is 1. The van der Waals surface area contributed by atoms with E-state index in [9.17, 15) is 9.59 Å². The molecule has 0 radical (unpaired) electrons. The molecule has 1 aromatic rings. The molecule has 6 nitrogen and oxygen atoms in total. The summed E-state index contributed by atoms with van der Waals surface area (Å²) in [5, 5.41) is 2.69. The molecule has 0 aliphatic rings. The Balaban J connectivity index is 2.79. The normalized spacial score (nSPS) is 11.5. The van der Waals surface area contributed by atoms with Crippen LogP contribution in [0.1, 0.15) is 50.9 Å². The highest BCUT2D eigenvalue weighted by molar-refractivity contribution is 5.92. The average Bonchev–Trinajstić information content (AvgIpc) is 2.58. The molecular formula is C18H27NO5. The first-order valence-electron chi connectivity index (χ1n) is 8.41. The zero-order chi connectivity index (χ0) is 17.9. The van der Waals surface area contributed by atoms with Gasteiger partial charge in [-0.05, 0) is 44.9 Å². The first-order chi connectivity index (χ1) is 11.5. The fourth-order valence-corrected chi connectivity index (χ4v) is 1.91. The van der Waals surface area contributed by atoms with E-state index in [-0.39, 0.29) is 5.91 Å². The molecule has 1 amide bonds. The van der Waals surface area contributed by atoms with Gasteiger partial charge in [-0.15, -0.1) is 0 Å². The van der Waals surface area contributed by atoms with Gasteiger partial charge in [0.05, 0.1) is 18.8 Å². The Morgan fingerprint density at radius 1 is 1.08 bits per heavy atom. The van der Waals surface area contributed by atoms with Gasteiger partial charge in [0.25, 0.3) is 5.91 Å². The molecule has 1 atom stereocenters. The van der Waals surface area contributed by atoms with Crippen LogP contribution < -0.4 is 14.8 Å². The summed E-state index contributed by atoms with van der Waals surface area (Å²) in [5.74, 6) is 0.197. The second kappa shape index (κ2) is 10.5. The Hall–Kier alpha value is -2.24. The summed E-state index contributed by atoms with van der Waals surface area (Å²) in [6.07, 6.45) is 0.846. The standard InChI is InChI=1S/C18H27NO5/c1-5-10-19-17(20)13(4)24-18(21)14-8-9-15(23-11-6-2)16(12-14)22-7-3/h8-9,12-13H,5-7,10-11H2,1-4H3,(H,19,20). The highest BCUT2D eigenvalue weighted by Crippen LogP contribution is 2.29. The number of hydrogen-bond donors (Lipinski definition) is 1. The molecule has 1 rings (SSSR count). The summed E-state index contributed by atoms with van der Waals surface area (Å²) in [6.45, 7) is 8.94. The lowest BCUT2D eigenvalue weighted by Gasteiger charge is -2.15. The van der Waals surface area contributed by atoms with Crippen molar-refractivity contribution in [2.75, 3.05) is 19.8 Å². The van der Waals surface area contributed by atoms with E-state index >= 15 is 0 Å². The number of benzene rings is 1. The molecule has 0 heterocycles. The maximum Gasteiger partial charge on any atom is 0.339 e. The third-order valence-corrected chi connectivity index (χ3v) is 3.14. The molecule has 0 aromatic heterocycles. The van der Waals surface area contributed by atoms with Gasteiger partial charge in [-0.2, -0.15) is 0 Å². The number of carbonyl (C=O) groups is 2. The van der Waals surface area contributed by atoms with Crippen molar-refractivity contribution in [2.24, 2.45) is 0 Å². The van der Waals surface area contributed by atoms with Crippen LogP contribution in [0.25, 0.3) is 0 Å². The topological polar surface area (TPSA) is 73.9 Å². The predicted molar refractivity (Wildman–Crippen MR) is 91.6 cm³/mol. The van der Waals surface area contributed by atoms with Crippen molar-refractivity contribution in [3.63, 3.8) is 0 Å². The first-order valence-corrected chi connectivity index (χ1v) is 8.41. The van der Waals surface area contributed by atoms with Gasteiger partial charge in [-0.3, -0.25) is 4.79 Å². The van der Waals surface area contributed by atoms with Crippen LogP contribution in [0.15, 0.2) is 18.2 Å². The minimum Gasteiger partial charge on any atom is -0.490 e. The molecular weight excluding hydrogens is 310 g/mol. The molecule has 6 heteroatoms. The summed E-state index contributed by atoms with van der Waals surface area (Å²) < 4.78 is 16.3. The van der Waals surface area contributed by atoms with Crippen molar-refractivity contribution in [2.45, 2.75) is 46.6 Å². The van der Waals surface area contributed by atoms with Crippen molar-refractivity contribution in [3.8, 4) is 11.5 Å². The third-order valence-electron chi connectivity index (χ3n) is 3.14. The van der Waals surface area contributed by atoms with Gasteiger partial charge in [0, 0.05) is 6.54 Å². The molecule has 0 aliphatic carbocycles. The number of esters is 1. The van der Waals surface area contributed by atoms with E-state index < -0.39 is 12.1 Å². The Morgan fingerprint density at radius 2 is 1.83 bits per heavy atom. The number of carbonyl (C=O) groups excluding carboxylic acids is 2. The molecule has 1 aromatic carbocycles. The fraction of sp³-hybridized carbons (Fsp3) is 0.556. The Labute approximate surface area is 143 Å². The van der Waals surface area contributed by atoms with E-state index in [0.29, 0.717) is 36.8 Å². The molecule has 0 aliphatic heterocycles. The molecule has 0 saturated heterocycles. The average molecular weight is 337 g/mol. The summed E-state index contributed by atoms with van der Waals surface area (Å²) >= 11 is 0. The molecule has 1 N–H and O–H groups in total. The van der Waals surface area contributed by atoms with Crippen LogP contribution in [-0.2, 0) is 9.53 Å². The molecule has 0 bridgehead atoms. The lowest BCUT2D eigenvalue weighted by Crippen LogP contribution is -2.36. The van der Waals surface area contributed by atoms with Crippen molar-refractivity contribution < 1.29 is 23.8 Å². The van der Waals surface area contributed by atoms with Crippen LogP contribution >= 0.6 is 0 Å². The number of hydrogen-bond acceptors (Lipinski definition) is 5. The largest absolute Gasteiger partial charge is 0.490 e. The highest BCUT2D eigenvalue weighted by Gasteiger charge is 2.19. The van der Waals surface area contributed by atoms with Crippen molar-refractivity contribution >= 4 is 11.9 Å². The zero-order valence-corrected chi connectivity index (χ0v) is 14.9. The van der Waals surface area contributed by atoms with Crippen LogP contribution in [0, 0.1) is 0 Å². The van der Waals surface area contributed by atoms with Gasteiger partial charge in [0.1, 0.15) is 0 Å². The number of amides is 1. The monoisotopic (exact) mass is 337 g/mol. The second-order valence-corrected chi connectivity index (χ2v) is 5.28. The maximum atomic E-state index is 12.2. The first kappa shape index (κ1) is 19.8. The summed E-state index contributed by atoms with van der Waals surface area (Å²) in [5.41, 5.74) is 0.317. The second-order valence-electron chi connectivity index (χ2n) is 5.28. The van der Waals surface area contributed by atoms with Crippen LogP contribution in [0.4, 0.5) is 0 Å². The minimum absolute atomic E-state index is 0.307. The fourth-order valence-electron chi connectivity index (χ4n) is 1.91. The molecule has 1 unspecified atom stereocenters. The zero-order valence-electron chi connectivity index (χ0n) is 14.9. The van der Waals surface area contributed by atoms with Crippen LogP contribution in [0.3, 0.4) is 0 Å². The third kappa shape index (κ3) is 6.10. The van der Waals surface area contributed by atoms with Gasteiger partial charge in [-0.1, -0.05) is 13.8 Å². The van der Waals surface area contributed by atoms with Crippen molar-refractivity contribution in [1.29, 1.82) is 0 Å². The van der Waals surface area contributed by atoms with E-state index in [1.165, 1.54) is 0 Å². The van der Waals surface area contributed by atoms with E-state index in [4.69, 9.17) is 14.2 Å². The predicted octanol–water partition coefficient (Wildman–Crippen LogP) is 2.95. The molecule has 0 saturated carbocycles. The summed E-state index contributed by atoms with van der Waals surface area (Å²) in [4.78, 5) is 24.0. The van der Waals surface area contributed by atoms with E-state index in [0.717, 1.165) is 12.8 Å². The lowest BCUT2D eigenvalue weighted by molar-refractivity contribution is -0.129. The van der Waals surface area contributed by atoms with Crippen LogP contribution in [-0.4, -0.2) is 37.7 Å². The van der Waals surface area contributed by atoms with Crippen molar-refractivity contribution in [1.82, 2.24) is 5.32 Å². The lowest BCUT2D eigenvalue weighted by atomic mass is 10.2. The molecule has 0 fully saturated rings. The van der Waals surface area contributed by atoms with Gasteiger partial charge in [-0.25, -0.2) is 4.79 Å². The SMILES string of the molecule is CCCNC(=O)C(C)OC(=O)c1ccc(OCCC)c(OCC)c1. The van der Waals surface area contributed by atoms with E-state index in [1.54, 1.807) is 25.1 Å². The highest BCUT2D eigenvalue weighted by atomic mass is 16.5. The Bertz CT molecular complexity index is 544. The van der Waals surface area contributed by atoms with Gasteiger partial charge in [0.15, 0.2) is 17.6 Å². The molecule has 134 valence electrons. The van der Waals surface area contributed by atoms with Gasteiger partial charge in [0.2, 0.25) is 0 Å². The van der Waals surface area contributed by atoms with E-state index in [2.05, 4.69) is 5.32 Å². The quantitative estimate of drug-likeness (QED) is 0.665. The smallest absolute Gasteiger partial charge is 0.339 e. The van der Waals surface area contributed by atoms with Gasteiger partial charge < -0.3 is 19.5 Å². The van der Waals surface area contributed by atoms with Gasteiger partial charge >= 0.3 is 5.97 Å². The van der Waals surface area contributed by atoms with Crippen LogP contribution in [0.2, 0.25) is 0 Å². The Morgan fingerprint density at radius 3 is 2.46 bits per heavy atom. The molecule has 0 spiro atoms. The number of rotatable bonds is 10. The maximum absolute atomic E-state index is 12.2. The summed E-state index contributed by atoms with van der Waals surface area (Å²) in [7, 11) is 0. The summed E-state index contributed by atoms with van der Waals surface area (Å²) in [6, 6.07) is 4.86. The van der Waals surface area contributed by atoms with Crippen molar-refractivity contribution in [3.05, 3.63) is 23.8 Å². The minimum atomic E-state index is -0.851. The number of ether oxygens (including phenoxy) is 3.